The molecule has 6 heteroatoms. The Bertz CT molecular complexity index is 1180. The van der Waals surface area contributed by atoms with E-state index >= 15 is 0 Å². The molecule has 0 bridgehead atoms. The van der Waals surface area contributed by atoms with Gasteiger partial charge in [0.05, 0.1) is 18.6 Å². The highest BCUT2D eigenvalue weighted by Gasteiger charge is 2.13. The van der Waals surface area contributed by atoms with E-state index in [9.17, 15) is 0 Å². The fourth-order valence-corrected chi connectivity index (χ4v) is 4.73. The molecule has 1 atom stereocenters. The third-order valence-electron chi connectivity index (χ3n) is 7.22. The first kappa shape index (κ1) is 29.2. The van der Waals surface area contributed by atoms with Crippen LogP contribution in [0.15, 0.2) is 54.6 Å². The zero-order valence-corrected chi connectivity index (χ0v) is 23.6. The van der Waals surface area contributed by atoms with Crippen LogP contribution in [0.1, 0.15) is 54.0 Å². The number of nitrogens with one attached hydrogen (secondary N) is 2. The average molecular weight is 517 g/mol. The highest BCUT2D eigenvalue weighted by atomic mass is 16.5. The fourth-order valence-electron chi connectivity index (χ4n) is 4.73. The molecule has 0 saturated heterocycles. The first-order valence-corrected chi connectivity index (χ1v) is 13.6. The lowest BCUT2D eigenvalue weighted by Gasteiger charge is -2.26. The molecule has 0 fully saturated rings. The summed E-state index contributed by atoms with van der Waals surface area (Å²) in [6, 6.07) is 19.2. The molecule has 3 aromatic rings. The Labute approximate surface area is 228 Å². The minimum absolute atomic E-state index is 0.0976. The number of aliphatic hydroxyl groups excluding tert-OH is 1. The van der Waals surface area contributed by atoms with Crippen molar-refractivity contribution in [1.82, 2.24) is 4.90 Å². The van der Waals surface area contributed by atoms with E-state index in [1.54, 1.807) is 0 Å². The smallest absolute Gasteiger partial charge is 0.119 e. The van der Waals surface area contributed by atoms with E-state index in [0.29, 0.717) is 25.3 Å². The van der Waals surface area contributed by atoms with Crippen molar-refractivity contribution < 1.29 is 9.84 Å². The number of hydrogen-bond acceptors (Lipinski definition) is 5. The number of nitrogens with zero attached hydrogens (tertiary/aromatic N) is 1. The van der Waals surface area contributed by atoms with Crippen molar-refractivity contribution >= 4 is 11.5 Å². The molecule has 0 spiro atoms. The van der Waals surface area contributed by atoms with Crippen LogP contribution < -0.4 is 15.8 Å². The second kappa shape index (κ2) is 14.0. The summed E-state index contributed by atoms with van der Waals surface area (Å²) in [5.74, 6) is 1.43. The Hall–Kier alpha value is -3.35. The van der Waals surface area contributed by atoms with Crippen molar-refractivity contribution in [3.8, 4) is 16.9 Å². The maximum absolute atomic E-state index is 9.01. The van der Waals surface area contributed by atoms with Gasteiger partial charge >= 0.3 is 0 Å². The molecule has 0 aliphatic carbocycles. The van der Waals surface area contributed by atoms with Gasteiger partial charge in [0.2, 0.25) is 0 Å². The Kier molecular flexibility index (Phi) is 10.7. The Balaban J connectivity index is 1.64. The lowest BCUT2D eigenvalue weighted by molar-refractivity contribution is 0.233. The summed E-state index contributed by atoms with van der Waals surface area (Å²) >= 11 is 0. The van der Waals surface area contributed by atoms with Gasteiger partial charge in [0, 0.05) is 38.7 Å². The summed E-state index contributed by atoms with van der Waals surface area (Å²) in [6.07, 6.45) is 2.86. The van der Waals surface area contributed by atoms with Crippen LogP contribution >= 0.6 is 0 Å². The first-order chi connectivity index (χ1) is 18.2. The maximum Gasteiger partial charge on any atom is 0.119 e. The summed E-state index contributed by atoms with van der Waals surface area (Å²) < 4.78 is 5.81. The molecule has 0 saturated carbocycles. The van der Waals surface area contributed by atoms with E-state index in [0.717, 1.165) is 30.8 Å². The standard InChI is InChI=1S/C32H44N4O2/c1-6-30(33)36(5)31(34)16-13-25-11-14-27(15-12-25)35-21-26-9-7-10-29(24(26)4)32-22(2)19-28(20-23(32)3)38-18-8-17-37/h7,9-12,14-15,19-20,30,34-35,37H,6,8,13,16-18,21,33H2,1-5H3. The molecule has 0 heterocycles. The molecule has 204 valence electrons. The van der Waals surface area contributed by atoms with E-state index in [1.807, 2.05) is 18.9 Å². The number of ether oxygens (including phenoxy) is 1. The second-order valence-electron chi connectivity index (χ2n) is 10.0. The number of nitrogens with two attached hydrogens (primary N) is 1. The summed E-state index contributed by atoms with van der Waals surface area (Å²) in [5.41, 5.74) is 15.7. The number of aryl methyl sites for hydroxylation is 3. The largest absolute Gasteiger partial charge is 0.493 e. The number of hydrogen-bond donors (Lipinski definition) is 4. The van der Waals surface area contributed by atoms with Crippen LogP contribution in [0, 0.1) is 26.2 Å². The van der Waals surface area contributed by atoms with E-state index in [-0.39, 0.29) is 12.8 Å². The zero-order chi connectivity index (χ0) is 27.7. The van der Waals surface area contributed by atoms with Crippen LogP contribution in [0.25, 0.3) is 11.1 Å². The second-order valence-corrected chi connectivity index (χ2v) is 10.0. The van der Waals surface area contributed by atoms with E-state index in [2.05, 4.69) is 80.7 Å². The quantitative estimate of drug-likeness (QED) is 0.0941. The normalized spacial score (nSPS) is 11.8. The molecule has 3 aromatic carbocycles. The SMILES string of the molecule is CCC(N)N(C)C(=N)CCc1ccc(NCc2cccc(-c3c(C)cc(OCCCO)cc3C)c2C)cc1. The molecular weight excluding hydrogens is 472 g/mol. The topological polar surface area (TPSA) is 94.6 Å². The first-order valence-electron chi connectivity index (χ1n) is 13.6. The van der Waals surface area contributed by atoms with Gasteiger partial charge in [-0.1, -0.05) is 37.3 Å². The highest BCUT2D eigenvalue weighted by Crippen LogP contribution is 2.34. The van der Waals surface area contributed by atoms with Crippen LogP contribution in [0.5, 0.6) is 5.75 Å². The van der Waals surface area contributed by atoms with E-state index < -0.39 is 0 Å². The zero-order valence-electron chi connectivity index (χ0n) is 23.6. The van der Waals surface area contributed by atoms with E-state index in [4.69, 9.17) is 21.0 Å². The number of benzene rings is 3. The van der Waals surface area contributed by atoms with Crippen LogP contribution in [0.2, 0.25) is 0 Å². The molecule has 0 aliphatic heterocycles. The lowest BCUT2D eigenvalue weighted by atomic mass is 9.90. The van der Waals surface area contributed by atoms with Crippen molar-refractivity contribution in [3.05, 3.63) is 82.4 Å². The minimum atomic E-state index is -0.0976. The Morgan fingerprint density at radius 1 is 1.08 bits per heavy atom. The molecule has 1 unspecified atom stereocenters. The summed E-state index contributed by atoms with van der Waals surface area (Å²) in [4.78, 5) is 1.86. The molecule has 5 N–H and O–H groups in total. The molecule has 0 amide bonds. The number of aliphatic hydroxyl groups is 1. The van der Waals surface area contributed by atoms with Crippen molar-refractivity contribution in [1.29, 1.82) is 5.41 Å². The molecular formula is C32H44N4O2. The summed E-state index contributed by atoms with van der Waals surface area (Å²) in [6.45, 7) is 9.88. The third kappa shape index (κ3) is 7.59. The number of rotatable bonds is 13. The van der Waals surface area contributed by atoms with Crippen LogP contribution in [-0.4, -0.2) is 42.3 Å². The molecule has 0 aliphatic rings. The highest BCUT2D eigenvalue weighted by molar-refractivity contribution is 5.79. The molecule has 3 rings (SSSR count). The molecule has 6 nitrogen and oxygen atoms in total. The van der Waals surface area contributed by atoms with Gasteiger partial charge in [0.15, 0.2) is 0 Å². The Morgan fingerprint density at radius 2 is 1.76 bits per heavy atom. The monoisotopic (exact) mass is 516 g/mol. The van der Waals surface area contributed by atoms with Crippen molar-refractivity contribution in [2.75, 3.05) is 25.6 Å². The van der Waals surface area contributed by atoms with Crippen LogP contribution in [0.4, 0.5) is 5.69 Å². The Morgan fingerprint density at radius 3 is 2.39 bits per heavy atom. The van der Waals surface area contributed by atoms with Gasteiger partial charge in [0.25, 0.3) is 0 Å². The predicted molar refractivity (Wildman–Crippen MR) is 159 cm³/mol. The van der Waals surface area contributed by atoms with Crippen molar-refractivity contribution in [3.63, 3.8) is 0 Å². The van der Waals surface area contributed by atoms with Gasteiger partial charge in [-0.3, -0.25) is 5.41 Å². The van der Waals surface area contributed by atoms with Crippen LogP contribution in [-0.2, 0) is 13.0 Å². The van der Waals surface area contributed by atoms with Gasteiger partial charge in [0.1, 0.15) is 5.75 Å². The van der Waals surface area contributed by atoms with Crippen molar-refractivity contribution in [2.45, 2.75) is 66.1 Å². The summed E-state index contributed by atoms with van der Waals surface area (Å²) in [7, 11) is 1.90. The number of amidine groups is 1. The fraction of sp³-hybridized carbons (Fsp3) is 0.406. The molecule has 38 heavy (non-hydrogen) atoms. The minimum Gasteiger partial charge on any atom is -0.493 e. The maximum atomic E-state index is 9.01. The lowest BCUT2D eigenvalue weighted by Crippen LogP contribution is -2.42. The van der Waals surface area contributed by atoms with Gasteiger partial charge < -0.3 is 25.8 Å². The third-order valence-corrected chi connectivity index (χ3v) is 7.22. The van der Waals surface area contributed by atoms with Gasteiger partial charge in [-0.25, -0.2) is 0 Å². The molecule has 0 radical (unpaired) electrons. The van der Waals surface area contributed by atoms with Gasteiger partial charge in [-0.05, 0) is 96.8 Å². The molecule has 0 aromatic heterocycles. The van der Waals surface area contributed by atoms with Gasteiger partial charge in [-0.2, -0.15) is 0 Å². The van der Waals surface area contributed by atoms with Crippen molar-refractivity contribution in [2.24, 2.45) is 5.73 Å². The number of anilines is 1. The predicted octanol–water partition coefficient (Wildman–Crippen LogP) is 6.19. The van der Waals surface area contributed by atoms with Crippen LogP contribution in [0.3, 0.4) is 0 Å². The average Bonchev–Trinajstić information content (AvgIpc) is 2.91. The summed E-state index contributed by atoms with van der Waals surface area (Å²) in [5, 5.41) is 20.9. The van der Waals surface area contributed by atoms with E-state index in [1.165, 1.54) is 38.9 Å². The van der Waals surface area contributed by atoms with Gasteiger partial charge in [-0.15, -0.1) is 0 Å².